The molecule has 0 saturated carbocycles. The van der Waals surface area contributed by atoms with E-state index in [1.54, 1.807) is 18.2 Å². The number of hydrogen-bond acceptors (Lipinski definition) is 4. The molecule has 4 nitrogen and oxygen atoms in total. The van der Waals surface area contributed by atoms with Crippen molar-refractivity contribution in [2.24, 2.45) is 0 Å². The fourth-order valence-electron chi connectivity index (χ4n) is 2.95. The maximum Gasteiger partial charge on any atom is 0.161 e. The van der Waals surface area contributed by atoms with E-state index < -0.39 is 0 Å². The molecule has 126 valence electrons. The average Bonchev–Trinajstić information content (AvgIpc) is 2.55. The highest BCUT2D eigenvalue weighted by Crippen LogP contribution is 2.40. The van der Waals surface area contributed by atoms with Crippen LogP contribution in [-0.4, -0.2) is 15.3 Å². The molecule has 3 rings (SSSR count). The number of ether oxygens (including phenoxy) is 1. The highest BCUT2D eigenvalue weighted by atomic mass is 16.5. The van der Waals surface area contributed by atoms with Crippen LogP contribution >= 0.6 is 0 Å². The summed E-state index contributed by atoms with van der Waals surface area (Å²) in [6.07, 6.45) is 3.97. The Balaban J connectivity index is 1.91. The Morgan fingerprint density at radius 2 is 1.96 bits per heavy atom. The van der Waals surface area contributed by atoms with Crippen LogP contribution in [0.15, 0.2) is 42.0 Å². The van der Waals surface area contributed by atoms with E-state index in [4.69, 9.17) is 4.74 Å². The number of rotatable bonds is 3. The first-order chi connectivity index (χ1) is 11.4. The van der Waals surface area contributed by atoms with Crippen molar-refractivity contribution in [1.29, 1.82) is 0 Å². The molecule has 0 saturated heterocycles. The van der Waals surface area contributed by atoms with Gasteiger partial charge in [0.1, 0.15) is 17.6 Å². The van der Waals surface area contributed by atoms with Crippen molar-refractivity contribution >= 4 is 0 Å². The Bertz CT molecular complexity index is 788. The number of phenols is 3. The summed E-state index contributed by atoms with van der Waals surface area (Å²) in [5.41, 5.74) is 3.72. The van der Waals surface area contributed by atoms with Crippen molar-refractivity contribution in [2.75, 3.05) is 0 Å². The van der Waals surface area contributed by atoms with E-state index in [9.17, 15) is 15.3 Å². The SMILES string of the molecule is CC(C)=CCc1cc(C2CCc3ccc(O)cc3O2)cc(O)c1O. The van der Waals surface area contributed by atoms with Crippen molar-refractivity contribution in [3.05, 3.63) is 58.7 Å². The van der Waals surface area contributed by atoms with Crippen molar-refractivity contribution in [2.45, 2.75) is 39.2 Å². The first kappa shape index (κ1) is 16.2. The Morgan fingerprint density at radius 3 is 2.71 bits per heavy atom. The van der Waals surface area contributed by atoms with Gasteiger partial charge in [-0.15, -0.1) is 0 Å². The Labute approximate surface area is 141 Å². The number of fused-ring (bicyclic) bond motifs is 1. The molecule has 1 heterocycles. The third-order valence-corrected chi connectivity index (χ3v) is 4.29. The maximum atomic E-state index is 10.1. The van der Waals surface area contributed by atoms with Crippen LogP contribution < -0.4 is 4.74 Å². The lowest BCUT2D eigenvalue weighted by atomic mass is 9.95. The second-order valence-electron chi connectivity index (χ2n) is 6.47. The zero-order chi connectivity index (χ0) is 17.3. The summed E-state index contributed by atoms with van der Waals surface area (Å²) in [4.78, 5) is 0. The predicted molar refractivity (Wildman–Crippen MR) is 92.7 cm³/mol. The molecule has 0 bridgehead atoms. The smallest absolute Gasteiger partial charge is 0.161 e. The molecule has 2 aromatic rings. The number of aromatic hydroxyl groups is 3. The second-order valence-corrected chi connectivity index (χ2v) is 6.47. The summed E-state index contributed by atoms with van der Waals surface area (Å²) in [6.45, 7) is 3.99. The Kier molecular flexibility index (Phi) is 4.38. The summed E-state index contributed by atoms with van der Waals surface area (Å²) in [6, 6.07) is 8.58. The van der Waals surface area contributed by atoms with Gasteiger partial charge in [0, 0.05) is 11.6 Å². The van der Waals surface area contributed by atoms with Crippen LogP contribution in [0.25, 0.3) is 0 Å². The fraction of sp³-hybridized carbons (Fsp3) is 0.300. The van der Waals surface area contributed by atoms with Crippen LogP contribution in [0.3, 0.4) is 0 Å². The molecule has 0 spiro atoms. The lowest BCUT2D eigenvalue weighted by Crippen LogP contribution is -2.15. The molecule has 2 aromatic carbocycles. The lowest BCUT2D eigenvalue weighted by Gasteiger charge is -2.27. The lowest BCUT2D eigenvalue weighted by molar-refractivity contribution is 0.175. The molecular weight excluding hydrogens is 304 g/mol. The van der Waals surface area contributed by atoms with Crippen LogP contribution in [0, 0.1) is 0 Å². The minimum Gasteiger partial charge on any atom is -0.508 e. The minimum atomic E-state index is -0.212. The fourth-order valence-corrected chi connectivity index (χ4v) is 2.95. The van der Waals surface area contributed by atoms with Crippen molar-refractivity contribution in [3.8, 4) is 23.0 Å². The van der Waals surface area contributed by atoms with Gasteiger partial charge in [0.25, 0.3) is 0 Å². The van der Waals surface area contributed by atoms with Gasteiger partial charge in [0.2, 0.25) is 0 Å². The van der Waals surface area contributed by atoms with E-state index >= 15 is 0 Å². The molecule has 1 aliphatic heterocycles. The van der Waals surface area contributed by atoms with Gasteiger partial charge in [-0.2, -0.15) is 0 Å². The summed E-state index contributed by atoms with van der Waals surface area (Å²) in [5, 5.41) is 29.8. The quantitative estimate of drug-likeness (QED) is 0.578. The molecule has 3 N–H and O–H groups in total. The molecule has 1 atom stereocenters. The van der Waals surface area contributed by atoms with E-state index in [1.807, 2.05) is 32.1 Å². The summed E-state index contributed by atoms with van der Waals surface area (Å²) < 4.78 is 6.01. The van der Waals surface area contributed by atoms with Crippen LogP contribution in [-0.2, 0) is 12.8 Å². The molecule has 0 aromatic heterocycles. The predicted octanol–water partition coefficient (Wildman–Crippen LogP) is 4.38. The number of benzene rings is 2. The molecule has 1 aliphatic rings. The molecule has 0 aliphatic carbocycles. The van der Waals surface area contributed by atoms with Crippen molar-refractivity contribution < 1.29 is 20.1 Å². The van der Waals surface area contributed by atoms with Crippen molar-refractivity contribution in [1.82, 2.24) is 0 Å². The highest BCUT2D eigenvalue weighted by Gasteiger charge is 2.23. The van der Waals surface area contributed by atoms with Crippen LogP contribution in [0.1, 0.15) is 43.1 Å². The molecule has 1 unspecified atom stereocenters. The number of aryl methyl sites for hydroxylation is 1. The van der Waals surface area contributed by atoms with Crippen LogP contribution in [0.2, 0.25) is 0 Å². The Hall–Kier alpha value is -2.62. The summed E-state index contributed by atoms with van der Waals surface area (Å²) in [5.74, 6) is 0.636. The third-order valence-electron chi connectivity index (χ3n) is 4.29. The van der Waals surface area contributed by atoms with Gasteiger partial charge < -0.3 is 20.1 Å². The standard InChI is InChI=1S/C20H22O4/c1-12(2)3-4-14-9-15(10-17(22)20(14)23)18-8-6-13-5-7-16(21)11-19(13)24-18/h3,5,7,9-11,18,21-23H,4,6,8H2,1-2H3. The van der Waals surface area contributed by atoms with E-state index in [2.05, 4.69) is 0 Å². The molecular formula is C20H22O4. The van der Waals surface area contributed by atoms with Gasteiger partial charge in [0.15, 0.2) is 11.5 Å². The van der Waals surface area contributed by atoms with E-state index in [0.29, 0.717) is 17.7 Å². The van der Waals surface area contributed by atoms with E-state index in [0.717, 1.165) is 29.5 Å². The van der Waals surface area contributed by atoms with Crippen LogP contribution in [0.4, 0.5) is 0 Å². The van der Waals surface area contributed by atoms with Gasteiger partial charge in [-0.05, 0) is 62.4 Å². The normalized spacial score (nSPS) is 16.2. The second kappa shape index (κ2) is 6.48. The average molecular weight is 326 g/mol. The molecule has 0 fully saturated rings. The first-order valence-corrected chi connectivity index (χ1v) is 8.10. The zero-order valence-corrected chi connectivity index (χ0v) is 13.9. The molecule has 24 heavy (non-hydrogen) atoms. The maximum absolute atomic E-state index is 10.1. The van der Waals surface area contributed by atoms with Gasteiger partial charge in [-0.3, -0.25) is 0 Å². The number of allylic oxidation sites excluding steroid dienone is 2. The molecule has 4 heteroatoms. The van der Waals surface area contributed by atoms with Gasteiger partial charge in [0.05, 0.1) is 0 Å². The van der Waals surface area contributed by atoms with Gasteiger partial charge in [-0.25, -0.2) is 0 Å². The van der Waals surface area contributed by atoms with Gasteiger partial charge >= 0.3 is 0 Å². The monoisotopic (exact) mass is 326 g/mol. The van der Waals surface area contributed by atoms with Crippen molar-refractivity contribution in [3.63, 3.8) is 0 Å². The number of hydrogen-bond donors (Lipinski definition) is 3. The number of phenolic OH excluding ortho intramolecular Hbond substituents is 3. The summed E-state index contributed by atoms with van der Waals surface area (Å²) >= 11 is 0. The summed E-state index contributed by atoms with van der Waals surface area (Å²) in [7, 11) is 0. The van der Waals surface area contributed by atoms with E-state index in [-0.39, 0.29) is 23.4 Å². The molecule has 0 radical (unpaired) electrons. The van der Waals surface area contributed by atoms with Crippen LogP contribution in [0.5, 0.6) is 23.0 Å². The first-order valence-electron chi connectivity index (χ1n) is 8.10. The zero-order valence-electron chi connectivity index (χ0n) is 13.9. The topological polar surface area (TPSA) is 69.9 Å². The minimum absolute atomic E-state index is 0.0786. The third kappa shape index (κ3) is 3.32. The molecule has 0 amide bonds. The van der Waals surface area contributed by atoms with Gasteiger partial charge in [-0.1, -0.05) is 17.7 Å². The van der Waals surface area contributed by atoms with E-state index in [1.165, 1.54) is 0 Å². The highest BCUT2D eigenvalue weighted by molar-refractivity contribution is 5.50. The Morgan fingerprint density at radius 1 is 1.17 bits per heavy atom. The largest absolute Gasteiger partial charge is 0.508 e.